The van der Waals surface area contributed by atoms with Gasteiger partial charge in [-0.2, -0.15) is 0 Å². The Morgan fingerprint density at radius 3 is 2.27 bits per heavy atom. The Hall–Kier alpha value is -0.570. The summed E-state index contributed by atoms with van der Waals surface area (Å²) in [6.45, 7) is 0. The van der Waals surface area contributed by atoms with Crippen molar-refractivity contribution in [1.82, 2.24) is 0 Å². The Kier molecular flexibility index (Phi) is 1.91. The van der Waals surface area contributed by atoms with Gasteiger partial charge >= 0.3 is 5.97 Å². The molecule has 2 N–H and O–H groups in total. The first-order valence-corrected chi connectivity index (χ1v) is 6.01. The molecule has 4 aliphatic rings. The van der Waals surface area contributed by atoms with E-state index in [1.54, 1.807) is 0 Å². The Bertz CT molecular complexity index is 285. The highest BCUT2D eigenvalue weighted by Gasteiger charge is 2.56. The topological polar surface area (TPSA) is 57.5 Å². The third-order valence-electron chi connectivity index (χ3n) is 4.88. The summed E-state index contributed by atoms with van der Waals surface area (Å²) in [5, 5.41) is 19.4. The molecular weight excluding hydrogens is 192 g/mol. The molecule has 4 rings (SSSR count). The van der Waals surface area contributed by atoms with Crippen molar-refractivity contribution in [2.24, 2.45) is 23.7 Å². The largest absolute Gasteiger partial charge is 0.481 e. The first-order chi connectivity index (χ1) is 7.07. The predicted molar refractivity (Wildman–Crippen MR) is 54.2 cm³/mol. The molecule has 3 heteroatoms. The van der Waals surface area contributed by atoms with Crippen molar-refractivity contribution in [2.45, 2.75) is 44.1 Å². The summed E-state index contributed by atoms with van der Waals surface area (Å²) in [7, 11) is 0. The van der Waals surface area contributed by atoms with Gasteiger partial charge < -0.3 is 10.2 Å². The highest BCUT2D eigenvalue weighted by molar-refractivity contribution is 5.67. The highest BCUT2D eigenvalue weighted by atomic mass is 16.4. The van der Waals surface area contributed by atoms with Crippen molar-refractivity contribution in [3.05, 3.63) is 0 Å². The molecule has 0 heterocycles. The lowest BCUT2D eigenvalue weighted by Gasteiger charge is -2.58. The second-order valence-corrected chi connectivity index (χ2v) is 5.92. The summed E-state index contributed by atoms with van der Waals surface area (Å²) >= 11 is 0. The molecule has 84 valence electrons. The molecule has 3 nitrogen and oxygen atoms in total. The molecule has 3 atom stereocenters. The first kappa shape index (κ1) is 9.64. The van der Waals surface area contributed by atoms with E-state index < -0.39 is 11.6 Å². The monoisotopic (exact) mass is 210 g/mol. The van der Waals surface area contributed by atoms with E-state index in [0.29, 0.717) is 17.8 Å². The lowest BCUT2D eigenvalue weighted by molar-refractivity contribution is -0.180. The molecule has 0 radical (unpaired) electrons. The maximum Gasteiger partial charge on any atom is 0.303 e. The van der Waals surface area contributed by atoms with Gasteiger partial charge in [0, 0.05) is 5.92 Å². The number of carboxylic acid groups (broad SMARTS) is 1. The van der Waals surface area contributed by atoms with Crippen LogP contribution in [0.4, 0.5) is 0 Å². The van der Waals surface area contributed by atoms with Crippen LogP contribution in [0.3, 0.4) is 0 Å². The molecule has 0 amide bonds. The van der Waals surface area contributed by atoms with Gasteiger partial charge in [0.1, 0.15) is 0 Å². The summed E-state index contributed by atoms with van der Waals surface area (Å²) in [5.74, 6) is 1.12. The Morgan fingerprint density at radius 1 is 1.20 bits per heavy atom. The zero-order valence-corrected chi connectivity index (χ0v) is 8.85. The molecular formula is C12H18O3. The van der Waals surface area contributed by atoms with Crippen LogP contribution in [-0.4, -0.2) is 21.8 Å². The van der Waals surface area contributed by atoms with Crippen molar-refractivity contribution in [2.75, 3.05) is 0 Å². The number of aliphatic carboxylic acids is 1. The van der Waals surface area contributed by atoms with E-state index in [2.05, 4.69) is 0 Å². The molecule has 0 aliphatic heterocycles. The van der Waals surface area contributed by atoms with Crippen LogP contribution in [0, 0.1) is 23.7 Å². The molecule has 4 aliphatic carbocycles. The van der Waals surface area contributed by atoms with Crippen LogP contribution in [0.1, 0.15) is 38.5 Å². The lowest BCUT2D eigenvalue weighted by atomic mass is 9.49. The van der Waals surface area contributed by atoms with Gasteiger partial charge in [0.05, 0.1) is 12.0 Å². The lowest BCUT2D eigenvalue weighted by Crippen LogP contribution is -2.57. The van der Waals surface area contributed by atoms with E-state index in [1.165, 1.54) is 6.42 Å². The quantitative estimate of drug-likeness (QED) is 0.728. The average Bonchev–Trinajstić information content (AvgIpc) is 2.09. The maximum absolute atomic E-state index is 10.8. The Morgan fingerprint density at radius 2 is 1.80 bits per heavy atom. The number of carboxylic acids is 1. The van der Waals surface area contributed by atoms with Crippen molar-refractivity contribution >= 4 is 5.97 Å². The molecule has 3 unspecified atom stereocenters. The minimum absolute atomic E-state index is 0.0304. The minimum Gasteiger partial charge on any atom is -0.481 e. The van der Waals surface area contributed by atoms with Gasteiger partial charge in [-0.3, -0.25) is 4.79 Å². The van der Waals surface area contributed by atoms with E-state index in [-0.39, 0.29) is 12.3 Å². The van der Waals surface area contributed by atoms with Crippen molar-refractivity contribution < 1.29 is 15.0 Å². The molecule has 4 bridgehead atoms. The van der Waals surface area contributed by atoms with E-state index in [9.17, 15) is 9.90 Å². The molecule has 0 aromatic heterocycles. The average molecular weight is 210 g/mol. The minimum atomic E-state index is -0.749. The Labute approximate surface area is 89.5 Å². The fraction of sp³-hybridized carbons (Fsp3) is 0.917. The van der Waals surface area contributed by atoms with Crippen molar-refractivity contribution in [3.63, 3.8) is 0 Å². The first-order valence-electron chi connectivity index (χ1n) is 6.01. The number of hydrogen-bond donors (Lipinski definition) is 2. The van der Waals surface area contributed by atoms with Crippen molar-refractivity contribution in [3.8, 4) is 0 Å². The number of carbonyl (C=O) groups is 1. The van der Waals surface area contributed by atoms with Gasteiger partial charge in [-0.25, -0.2) is 0 Å². The van der Waals surface area contributed by atoms with Gasteiger partial charge in [-0.05, 0) is 49.9 Å². The number of rotatable bonds is 2. The summed E-state index contributed by atoms with van der Waals surface area (Å²) in [5.41, 5.74) is -0.632. The summed E-state index contributed by atoms with van der Waals surface area (Å²) < 4.78 is 0. The second-order valence-electron chi connectivity index (χ2n) is 5.92. The molecule has 0 spiro atoms. The van der Waals surface area contributed by atoms with Gasteiger partial charge in [0.2, 0.25) is 0 Å². The van der Waals surface area contributed by atoms with Gasteiger partial charge in [-0.15, -0.1) is 0 Å². The highest BCUT2D eigenvalue weighted by Crippen LogP contribution is 2.59. The fourth-order valence-corrected chi connectivity index (χ4v) is 4.65. The summed E-state index contributed by atoms with van der Waals surface area (Å²) in [4.78, 5) is 10.8. The van der Waals surface area contributed by atoms with Crippen LogP contribution in [0.15, 0.2) is 0 Å². The molecule has 4 fully saturated rings. The van der Waals surface area contributed by atoms with Crippen LogP contribution < -0.4 is 0 Å². The van der Waals surface area contributed by atoms with E-state index >= 15 is 0 Å². The van der Waals surface area contributed by atoms with E-state index in [1.807, 2.05) is 0 Å². The second kappa shape index (κ2) is 2.97. The van der Waals surface area contributed by atoms with Crippen LogP contribution in [-0.2, 0) is 4.79 Å². The zero-order chi connectivity index (χ0) is 10.6. The number of aliphatic hydroxyl groups is 1. The van der Waals surface area contributed by atoms with Crippen molar-refractivity contribution in [1.29, 1.82) is 0 Å². The zero-order valence-electron chi connectivity index (χ0n) is 8.85. The van der Waals surface area contributed by atoms with Crippen LogP contribution in [0.25, 0.3) is 0 Å². The Balaban J connectivity index is 1.86. The van der Waals surface area contributed by atoms with Gasteiger partial charge in [0.25, 0.3) is 0 Å². The molecule has 15 heavy (non-hydrogen) atoms. The fourth-order valence-electron chi connectivity index (χ4n) is 4.65. The normalized spacial score (nSPS) is 52.1. The number of hydrogen-bond acceptors (Lipinski definition) is 2. The smallest absolute Gasteiger partial charge is 0.303 e. The molecule has 0 aromatic rings. The summed E-state index contributed by atoms with van der Waals surface area (Å²) in [6, 6.07) is 0. The molecule has 0 aromatic carbocycles. The SMILES string of the molecule is O=C(O)CC1C2CC3CC(C2)CC1(O)C3. The van der Waals surface area contributed by atoms with Gasteiger partial charge in [0.15, 0.2) is 0 Å². The van der Waals surface area contributed by atoms with Crippen LogP contribution in [0.5, 0.6) is 0 Å². The predicted octanol–water partition coefficient (Wildman–Crippen LogP) is 1.65. The van der Waals surface area contributed by atoms with Crippen LogP contribution in [0.2, 0.25) is 0 Å². The third kappa shape index (κ3) is 1.40. The molecule has 0 saturated heterocycles. The third-order valence-corrected chi connectivity index (χ3v) is 4.88. The summed E-state index contributed by atoms with van der Waals surface area (Å²) in [6.07, 6.45) is 5.49. The van der Waals surface area contributed by atoms with E-state index in [0.717, 1.165) is 25.7 Å². The maximum atomic E-state index is 10.8. The van der Waals surface area contributed by atoms with Gasteiger partial charge in [-0.1, -0.05) is 0 Å². The standard InChI is InChI=1S/C12H18O3/c13-11(14)4-10-9-2-7-1-8(3-9)6-12(10,15)5-7/h7-10,15H,1-6H2,(H,13,14). The van der Waals surface area contributed by atoms with E-state index in [4.69, 9.17) is 5.11 Å². The van der Waals surface area contributed by atoms with Crippen LogP contribution >= 0.6 is 0 Å². The molecule has 4 saturated carbocycles.